The van der Waals surface area contributed by atoms with Crippen molar-refractivity contribution in [2.75, 3.05) is 7.05 Å². The zero-order chi connectivity index (χ0) is 8.27. The molecule has 1 aromatic heterocycles. The van der Waals surface area contributed by atoms with Crippen molar-refractivity contribution in [2.24, 2.45) is 12.0 Å². The van der Waals surface area contributed by atoms with Crippen LogP contribution < -0.4 is 5.49 Å². The molecule has 0 unspecified atom stereocenters. The van der Waals surface area contributed by atoms with Gasteiger partial charge in [-0.15, -0.1) is 0 Å². The van der Waals surface area contributed by atoms with Crippen molar-refractivity contribution in [3.8, 4) is 0 Å². The number of hydrogen-bond acceptors (Lipinski definition) is 1. The van der Waals surface area contributed by atoms with Crippen LogP contribution in [0.5, 0.6) is 0 Å². The molecule has 11 heavy (non-hydrogen) atoms. The zero-order valence-corrected chi connectivity index (χ0v) is 7.41. The van der Waals surface area contributed by atoms with Gasteiger partial charge >= 0.3 is 0 Å². The van der Waals surface area contributed by atoms with Crippen LogP contribution in [0.2, 0.25) is 0 Å². The van der Waals surface area contributed by atoms with Crippen LogP contribution in [0.15, 0.2) is 17.3 Å². The number of rotatable bonds is 2. The van der Waals surface area contributed by atoms with Crippen LogP contribution >= 0.6 is 0 Å². The lowest BCUT2D eigenvalue weighted by molar-refractivity contribution is 0.483. The molecule has 0 saturated heterocycles. The van der Waals surface area contributed by atoms with Gasteiger partial charge in [0.15, 0.2) is 0 Å². The fourth-order valence-corrected chi connectivity index (χ4v) is 1.18. The molecule has 3 heteroatoms. The van der Waals surface area contributed by atoms with Crippen LogP contribution in [0.25, 0.3) is 0 Å². The van der Waals surface area contributed by atoms with Crippen molar-refractivity contribution < 1.29 is 0 Å². The van der Waals surface area contributed by atoms with Crippen LogP contribution in [0, 0.1) is 0 Å². The third kappa shape index (κ3) is 1.53. The number of hydrogen-bond donors (Lipinski definition) is 0. The smallest absolute Gasteiger partial charge is 0.143 e. The summed E-state index contributed by atoms with van der Waals surface area (Å²) in [6.07, 6.45) is 3.17. The summed E-state index contributed by atoms with van der Waals surface area (Å²) in [6.45, 7) is 3.20. The van der Waals surface area contributed by atoms with E-state index in [1.54, 1.807) is 0 Å². The van der Waals surface area contributed by atoms with E-state index < -0.39 is 0 Å². The molecule has 3 nitrogen and oxygen atoms in total. The summed E-state index contributed by atoms with van der Waals surface area (Å²) in [5.41, 5.74) is 1.05. The first-order valence-electron chi connectivity index (χ1n) is 3.95. The third-order valence-corrected chi connectivity index (χ3v) is 1.75. The number of aromatic nitrogens is 2. The molecule has 0 bridgehead atoms. The minimum Gasteiger partial charge on any atom is -0.294 e. The molecular weight excluding hydrogens is 138 g/mol. The second-order valence-corrected chi connectivity index (χ2v) is 2.59. The molecular formula is C8H15N3. The van der Waals surface area contributed by atoms with Gasteiger partial charge in [-0.3, -0.25) is 14.4 Å². The van der Waals surface area contributed by atoms with Crippen molar-refractivity contribution in [2.45, 2.75) is 19.9 Å². The fraction of sp³-hybridized carbons (Fsp3) is 0.625. The van der Waals surface area contributed by atoms with Crippen molar-refractivity contribution in [3.63, 3.8) is 0 Å². The Kier molecular flexibility index (Phi) is 2.52. The second kappa shape index (κ2) is 3.42. The first-order chi connectivity index (χ1) is 5.29. The maximum Gasteiger partial charge on any atom is 0.143 e. The molecule has 0 N–H and O–H groups in total. The molecule has 0 aliphatic rings. The van der Waals surface area contributed by atoms with Crippen LogP contribution in [0.1, 0.15) is 13.3 Å². The Bertz CT molecular complexity index is 280. The van der Waals surface area contributed by atoms with Crippen molar-refractivity contribution in [3.05, 3.63) is 17.8 Å². The summed E-state index contributed by atoms with van der Waals surface area (Å²) in [7, 11) is 3.85. The van der Waals surface area contributed by atoms with Gasteiger partial charge in [0, 0.05) is 26.8 Å². The van der Waals surface area contributed by atoms with Crippen molar-refractivity contribution >= 4 is 0 Å². The Balaban J connectivity index is 3.08. The van der Waals surface area contributed by atoms with E-state index in [0.29, 0.717) is 0 Å². The average molecular weight is 153 g/mol. The molecule has 0 radical (unpaired) electrons. The molecule has 0 aliphatic carbocycles. The Morgan fingerprint density at radius 3 is 2.82 bits per heavy atom. The molecule has 1 heterocycles. The van der Waals surface area contributed by atoms with E-state index in [1.165, 1.54) is 0 Å². The quantitative estimate of drug-likeness (QED) is 0.599. The van der Waals surface area contributed by atoms with Crippen LogP contribution in [0.3, 0.4) is 0 Å². The van der Waals surface area contributed by atoms with Gasteiger partial charge in [-0.2, -0.15) is 0 Å². The van der Waals surface area contributed by atoms with Gasteiger partial charge in [-0.1, -0.05) is 6.92 Å². The summed E-state index contributed by atoms with van der Waals surface area (Å²) < 4.78 is 4.21. The van der Waals surface area contributed by atoms with Gasteiger partial charge in [-0.25, -0.2) is 0 Å². The van der Waals surface area contributed by atoms with Gasteiger partial charge in [-0.05, 0) is 12.5 Å². The highest BCUT2D eigenvalue weighted by molar-refractivity contribution is 4.81. The topological polar surface area (TPSA) is 22.2 Å². The predicted octanol–water partition coefficient (Wildman–Crippen LogP) is 0.767. The summed E-state index contributed by atoms with van der Waals surface area (Å²) in [5, 5.41) is 0. The third-order valence-electron chi connectivity index (χ3n) is 1.75. The van der Waals surface area contributed by atoms with Gasteiger partial charge in [0.05, 0.1) is 0 Å². The molecule has 0 fully saturated rings. The molecule has 0 saturated carbocycles. The van der Waals surface area contributed by atoms with E-state index in [1.807, 2.05) is 26.4 Å². The zero-order valence-electron chi connectivity index (χ0n) is 7.41. The highest BCUT2D eigenvalue weighted by Crippen LogP contribution is 1.85. The summed E-state index contributed by atoms with van der Waals surface area (Å²) >= 11 is 0. The molecule has 0 amide bonds. The van der Waals surface area contributed by atoms with Gasteiger partial charge < -0.3 is 0 Å². The van der Waals surface area contributed by atoms with E-state index in [4.69, 9.17) is 0 Å². The summed E-state index contributed by atoms with van der Waals surface area (Å²) in [5.74, 6) is 0. The Hall–Kier alpha value is -0.990. The normalized spacial score (nSPS) is 12.5. The lowest BCUT2D eigenvalue weighted by atomic mass is 10.5. The minimum absolute atomic E-state index is 1.04. The highest BCUT2D eigenvalue weighted by atomic mass is 15.4. The first-order valence-corrected chi connectivity index (χ1v) is 3.95. The van der Waals surface area contributed by atoms with Crippen LogP contribution in [0.4, 0.5) is 0 Å². The maximum absolute atomic E-state index is 4.15. The minimum atomic E-state index is 1.04. The Labute approximate surface area is 67.0 Å². The first kappa shape index (κ1) is 8.11. The highest BCUT2D eigenvalue weighted by Gasteiger charge is 1.93. The fourth-order valence-electron chi connectivity index (χ4n) is 1.18. The lowest BCUT2D eigenvalue weighted by Gasteiger charge is -2.05. The number of aryl methyl sites for hydroxylation is 1. The number of nitrogens with zero attached hydrogens (tertiary/aromatic N) is 3. The maximum atomic E-state index is 4.15. The summed E-state index contributed by atoms with van der Waals surface area (Å²) in [6, 6.07) is 2.02. The van der Waals surface area contributed by atoms with E-state index in [0.717, 1.165) is 18.5 Å². The SMILES string of the molecule is CCCn1c(=NC)ccn1C. The lowest BCUT2D eigenvalue weighted by Crippen LogP contribution is -2.21. The standard InChI is InChI=1S/C8H15N3/c1-4-6-11-8(9-2)5-7-10(11)3/h5,7H,4,6H2,1-3H3. The molecule has 0 spiro atoms. The Morgan fingerprint density at radius 1 is 1.55 bits per heavy atom. The average Bonchev–Trinajstić information content (AvgIpc) is 2.34. The molecule has 0 aromatic carbocycles. The Morgan fingerprint density at radius 2 is 2.27 bits per heavy atom. The van der Waals surface area contributed by atoms with Crippen LogP contribution in [-0.2, 0) is 13.6 Å². The molecule has 1 rings (SSSR count). The molecule has 0 aliphatic heterocycles. The predicted molar refractivity (Wildman–Crippen MR) is 45.2 cm³/mol. The van der Waals surface area contributed by atoms with E-state index in [2.05, 4.69) is 21.3 Å². The summed E-state index contributed by atoms with van der Waals surface area (Å²) in [4.78, 5) is 4.15. The second-order valence-electron chi connectivity index (χ2n) is 2.59. The monoisotopic (exact) mass is 153 g/mol. The van der Waals surface area contributed by atoms with Crippen molar-refractivity contribution in [1.29, 1.82) is 0 Å². The van der Waals surface area contributed by atoms with E-state index in [9.17, 15) is 0 Å². The largest absolute Gasteiger partial charge is 0.294 e. The molecule has 62 valence electrons. The van der Waals surface area contributed by atoms with E-state index in [-0.39, 0.29) is 0 Å². The van der Waals surface area contributed by atoms with E-state index >= 15 is 0 Å². The van der Waals surface area contributed by atoms with Crippen LogP contribution in [-0.4, -0.2) is 16.4 Å². The van der Waals surface area contributed by atoms with Crippen molar-refractivity contribution in [1.82, 2.24) is 9.36 Å². The van der Waals surface area contributed by atoms with Gasteiger partial charge in [0.1, 0.15) is 5.49 Å². The molecule has 0 atom stereocenters. The van der Waals surface area contributed by atoms with Gasteiger partial charge in [0.25, 0.3) is 0 Å². The van der Waals surface area contributed by atoms with Gasteiger partial charge in [0.2, 0.25) is 0 Å². The molecule has 1 aromatic rings.